The molecule has 0 atom stereocenters. The van der Waals surface area contributed by atoms with E-state index in [0.717, 1.165) is 16.2 Å². The van der Waals surface area contributed by atoms with E-state index in [1.807, 2.05) is 6.08 Å². The number of carbonyl (C=O) groups is 2. The van der Waals surface area contributed by atoms with Crippen LogP contribution in [0, 0.1) is 6.92 Å². The van der Waals surface area contributed by atoms with Gasteiger partial charge in [-0.3, -0.25) is 14.4 Å². The highest BCUT2D eigenvalue weighted by atomic mass is 35.5. The summed E-state index contributed by atoms with van der Waals surface area (Å²) >= 11 is 5.99. The number of hydrogen-bond acceptors (Lipinski definition) is 11. The van der Waals surface area contributed by atoms with Crippen LogP contribution in [-0.2, 0) is 28.7 Å². The molecule has 2 aliphatic rings. The minimum atomic E-state index is -4.72. The number of ether oxygens (including phenoxy) is 1. The van der Waals surface area contributed by atoms with Crippen LogP contribution in [-0.4, -0.2) is 95.3 Å². The van der Waals surface area contributed by atoms with Crippen molar-refractivity contribution in [3.05, 3.63) is 68.6 Å². The molecule has 19 heteroatoms. The zero-order valence-corrected chi connectivity index (χ0v) is 27.0. The second kappa shape index (κ2) is 13.4. The molecule has 0 aromatic carbocycles. The van der Waals surface area contributed by atoms with Crippen molar-refractivity contribution in [3.8, 4) is 5.75 Å². The van der Waals surface area contributed by atoms with Crippen molar-refractivity contribution in [1.29, 1.82) is 0 Å². The summed E-state index contributed by atoms with van der Waals surface area (Å²) < 4.78 is 47.4. The third kappa shape index (κ3) is 6.65. The molecule has 0 spiro atoms. The van der Waals surface area contributed by atoms with E-state index < -0.39 is 40.9 Å². The summed E-state index contributed by atoms with van der Waals surface area (Å²) in [6, 6.07) is 1.72. The van der Waals surface area contributed by atoms with Gasteiger partial charge in [0.25, 0.3) is 11.5 Å². The smallest absolute Gasteiger partial charge is 0.433 e. The molecule has 0 bridgehead atoms. The lowest BCUT2D eigenvalue weighted by Crippen LogP contribution is -2.51. The quantitative estimate of drug-likeness (QED) is 0.271. The summed E-state index contributed by atoms with van der Waals surface area (Å²) in [6.45, 7) is 4.59. The van der Waals surface area contributed by atoms with E-state index in [9.17, 15) is 32.7 Å². The van der Waals surface area contributed by atoms with Crippen molar-refractivity contribution < 1.29 is 32.6 Å². The Hall–Kier alpha value is -5.10. The number of amides is 2. The predicted octanol–water partition coefficient (Wildman–Crippen LogP) is 2.73. The number of halogens is 4. The minimum Gasteiger partial charge on any atom is -0.504 e. The Labute approximate surface area is 281 Å². The number of piperazine rings is 1. The molecule has 0 radical (unpaired) electrons. The molecule has 15 nitrogen and oxygen atoms in total. The molecule has 0 unspecified atom stereocenters. The van der Waals surface area contributed by atoms with Crippen molar-refractivity contribution >= 4 is 46.1 Å². The second-order valence-corrected chi connectivity index (χ2v) is 11.6. The first-order valence-corrected chi connectivity index (χ1v) is 15.6. The number of aryl methyl sites for hydroxylation is 1. The monoisotopic (exact) mass is 702 g/mol. The van der Waals surface area contributed by atoms with Gasteiger partial charge >= 0.3 is 6.18 Å². The van der Waals surface area contributed by atoms with Gasteiger partial charge < -0.3 is 29.5 Å². The van der Waals surface area contributed by atoms with Crippen LogP contribution in [0.2, 0.25) is 5.15 Å². The molecule has 2 N–H and O–H groups in total. The fourth-order valence-electron chi connectivity index (χ4n) is 5.72. The number of nitrogens with one attached hydrogen (secondary N) is 1. The van der Waals surface area contributed by atoms with E-state index in [1.165, 1.54) is 15.8 Å². The number of anilines is 2. The molecule has 6 heterocycles. The lowest BCUT2D eigenvalue weighted by atomic mass is 10.1. The normalized spacial score (nSPS) is 15.4. The van der Waals surface area contributed by atoms with Crippen LogP contribution in [0.3, 0.4) is 0 Å². The number of alkyl halides is 3. The van der Waals surface area contributed by atoms with Gasteiger partial charge in [0.2, 0.25) is 11.7 Å². The van der Waals surface area contributed by atoms with Crippen LogP contribution in [0.4, 0.5) is 24.5 Å². The van der Waals surface area contributed by atoms with Crippen LogP contribution >= 0.6 is 11.6 Å². The first-order valence-electron chi connectivity index (χ1n) is 15.2. The van der Waals surface area contributed by atoms with Gasteiger partial charge in [0.1, 0.15) is 24.3 Å². The number of carbonyl (C=O) groups excluding carboxylic acids is 2. The highest BCUT2D eigenvalue weighted by Gasteiger charge is 2.34. The van der Waals surface area contributed by atoms with Gasteiger partial charge in [-0.25, -0.2) is 15.0 Å². The molecule has 1 saturated heterocycles. The maximum absolute atomic E-state index is 14.1. The average molecular weight is 703 g/mol. The van der Waals surface area contributed by atoms with Crippen LogP contribution < -0.4 is 15.8 Å². The Kier molecular flexibility index (Phi) is 9.26. The van der Waals surface area contributed by atoms with Gasteiger partial charge in [0.05, 0.1) is 30.3 Å². The summed E-state index contributed by atoms with van der Waals surface area (Å²) in [5.41, 5.74) is -0.198. The lowest BCUT2D eigenvalue weighted by molar-refractivity contribution is -0.141. The fourth-order valence-corrected chi connectivity index (χ4v) is 5.92. The lowest BCUT2D eigenvalue weighted by Gasteiger charge is -2.36. The first-order chi connectivity index (χ1) is 23.4. The first kappa shape index (κ1) is 33.8. The molecule has 1 fully saturated rings. The highest BCUT2D eigenvalue weighted by molar-refractivity contribution is 6.32. The van der Waals surface area contributed by atoms with Crippen molar-refractivity contribution in [2.45, 2.75) is 39.4 Å². The topological polar surface area (TPSA) is 173 Å². The Bertz CT molecular complexity index is 2040. The van der Waals surface area contributed by atoms with E-state index in [4.69, 9.17) is 16.3 Å². The van der Waals surface area contributed by atoms with Gasteiger partial charge in [0, 0.05) is 26.2 Å². The van der Waals surface area contributed by atoms with E-state index in [-0.39, 0.29) is 66.9 Å². The Morgan fingerprint density at radius 2 is 1.88 bits per heavy atom. The van der Waals surface area contributed by atoms with Gasteiger partial charge in [-0.1, -0.05) is 24.6 Å². The molecule has 2 aliphatic heterocycles. The van der Waals surface area contributed by atoms with Gasteiger partial charge in [-0.15, -0.1) is 5.10 Å². The third-order valence-electron chi connectivity index (χ3n) is 8.22. The number of rotatable bonds is 7. The zero-order valence-electron chi connectivity index (χ0n) is 26.3. The van der Waals surface area contributed by atoms with Crippen LogP contribution in [0.5, 0.6) is 5.75 Å². The Morgan fingerprint density at radius 1 is 1.12 bits per heavy atom. The van der Waals surface area contributed by atoms with Crippen molar-refractivity contribution in [3.63, 3.8) is 0 Å². The van der Waals surface area contributed by atoms with Gasteiger partial charge in [0.15, 0.2) is 22.4 Å². The fraction of sp³-hybridized carbons (Fsp3) is 0.400. The van der Waals surface area contributed by atoms with E-state index in [1.54, 1.807) is 18.7 Å². The highest BCUT2D eigenvalue weighted by Crippen LogP contribution is 2.31. The standard InChI is InChI=1S/C30H30ClF3N10O5/c1-3-19-23(41-8-10-42(11-9-41)27(47)22-24(46)16(2)35-15-36-22)28(48)44-29(39-26(40-44)17-6-12-49-13-7-17)43(19)14-21(45)37-18-4-5-20(30(32,33)34)38-25(18)31/h4-6,15,46H,3,7-14H2,1-2H3,(H,37,45). The summed E-state index contributed by atoms with van der Waals surface area (Å²) in [5, 5.41) is 16.8. The van der Waals surface area contributed by atoms with Crippen molar-refractivity contribution in [2.24, 2.45) is 0 Å². The van der Waals surface area contributed by atoms with E-state index >= 15 is 0 Å². The minimum absolute atomic E-state index is 0.0863. The van der Waals surface area contributed by atoms with Crippen molar-refractivity contribution in [2.75, 3.05) is 49.6 Å². The SMILES string of the molecule is CCc1c(N2CCN(C(=O)c3ncnc(C)c3O)CC2)c(=O)n2nc(C3=CCOCC3)nc2n1CC(=O)Nc1ccc(C(F)(F)F)nc1Cl. The van der Waals surface area contributed by atoms with Crippen LogP contribution in [0.1, 0.15) is 46.7 Å². The molecule has 6 rings (SSSR count). The molecule has 4 aromatic rings. The maximum atomic E-state index is 14.1. The number of fused-ring (bicyclic) bond motifs is 1. The summed E-state index contributed by atoms with van der Waals surface area (Å²) in [7, 11) is 0. The molecule has 2 amide bonds. The van der Waals surface area contributed by atoms with E-state index in [0.29, 0.717) is 37.2 Å². The number of aromatic nitrogens is 7. The molecule has 0 aliphatic carbocycles. The maximum Gasteiger partial charge on any atom is 0.433 e. The van der Waals surface area contributed by atoms with Gasteiger partial charge in [-0.05, 0) is 37.5 Å². The average Bonchev–Trinajstić information content (AvgIpc) is 3.54. The van der Waals surface area contributed by atoms with E-state index in [2.05, 4.69) is 30.4 Å². The third-order valence-corrected chi connectivity index (χ3v) is 8.51. The molecular formula is C30H30ClF3N10O5. The zero-order chi connectivity index (χ0) is 35.0. The number of aromatic hydroxyl groups is 1. The summed E-state index contributed by atoms with van der Waals surface area (Å²) in [5.74, 6) is -1.07. The molecular weight excluding hydrogens is 673 g/mol. The number of pyridine rings is 1. The van der Waals surface area contributed by atoms with Crippen molar-refractivity contribution in [1.82, 2.24) is 39.0 Å². The molecule has 49 heavy (non-hydrogen) atoms. The predicted molar refractivity (Wildman–Crippen MR) is 169 cm³/mol. The summed E-state index contributed by atoms with van der Waals surface area (Å²) in [6.07, 6.45) is -0.918. The second-order valence-electron chi connectivity index (χ2n) is 11.3. The number of hydrogen-bond donors (Lipinski definition) is 2. The summed E-state index contributed by atoms with van der Waals surface area (Å²) in [4.78, 5) is 59.9. The molecule has 258 valence electrons. The van der Waals surface area contributed by atoms with Crippen LogP contribution in [0.15, 0.2) is 29.3 Å². The molecule has 4 aromatic heterocycles. The Balaban J connectivity index is 1.35. The largest absolute Gasteiger partial charge is 0.504 e. The Morgan fingerprint density at radius 3 is 2.53 bits per heavy atom. The number of nitrogens with zero attached hydrogens (tertiary/aromatic N) is 9. The molecule has 0 saturated carbocycles. The van der Waals surface area contributed by atoms with Gasteiger partial charge in [-0.2, -0.15) is 22.7 Å². The van der Waals surface area contributed by atoms with Crippen LogP contribution in [0.25, 0.3) is 11.4 Å².